The molecule has 0 spiro atoms. The van der Waals surface area contributed by atoms with Crippen LogP contribution in [-0.4, -0.2) is 67.1 Å². The summed E-state index contributed by atoms with van der Waals surface area (Å²) >= 11 is 1.38. The number of carbonyl (C=O) groups excluding carboxylic acids is 2. The van der Waals surface area contributed by atoms with Crippen LogP contribution in [0.25, 0.3) is 0 Å². The summed E-state index contributed by atoms with van der Waals surface area (Å²) in [7, 11) is 2.11. The van der Waals surface area contributed by atoms with Gasteiger partial charge in [0.15, 0.2) is 0 Å². The number of benzene rings is 1. The van der Waals surface area contributed by atoms with Crippen molar-refractivity contribution in [2.24, 2.45) is 0 Å². The lowest BCUT2D eigenvalue weighted by atomic mass is 10.2. The minimum absolute atomic E-state index is 0.0316. The average molecular weight is 338 g/mol. The smallest absolute Gasteiger partial charge is 0.242 e. The highest BCUT2D eigenvalue weighted by Crippen LogP contribution is 2.39. The van der Waals surface area contributed by atoms with Gasteiger partial charge < -0.3 is 14.7 Å². The number of piperazine rings is 1. The van der Waals surface area contributed by atoms with Gasteiger partial charge in [-0.3, -0.25) is 9.59 Å². The van der Waals surface area contributed by atoms with E-state index in [1.54, 1.807) is 18.2 Å². The second-order valence-corrected chi connectivity index (χ2v) is 7.11. The first-order valence-corrected chi connectivity index (χ1v) is 8.85. The third-order valence-electron chi connectivity index (χ3n) is 4.41. The van der Waals surface area contributed by atoms with Gasteiger partial charge in [0.1, 0.15) is 17.7 Å². The molecule has 2 saturated heterocycles. The second kappa shape index (κ2) is 6.88. The van der Waals surface area contributed by atoms with E-state index in [1.807, 2.05) is 4.90 Å². The third-order valence-corrected chi connectivity index (χ3v) is 5.65. The molecule has 5 nitrogen and oxygen atoms in total. The highest BCUT2D eigenvalue weighted by atomic mass is 32.2. The van der Waals surface area contributed by atoms with Gasteiger partial charge in [-0.25, -0.2) is 4.39 Å². The van der Waals surface area contributed by atoms with Gasteiger partial charge in [0.25, 0.3) is 0 Å². The Kier molecular flexibility index (Phi) is 4.87. The van der Waals surface area contributed by atoms with Crippen molar-refractivity contribution in [1.29, 1.82) is 0 Å². The SMILES string of the molecule is C[NH+]1CCN(C(=O)CN2C(=O)CS[C@@H]2c2ccccc2F)CC1. The number of amides is 2. The molecule has 2 amide bonds. The molecule has 7 heteroatoms. The van der Waals surface area contributed by atoms with E-state index in [2.05, 4.69) is 7.05 Å². The molecule has 1 atom stereocenters. The lowest BCUT2D eigenvalue weighted by Crippen LogP contribution is -3.12. The molecule has 0 aliphatic carbocycles. The van der Waals surface area contributed by atoms with Crippen LogP contribution in [0.1, 0.15) is 10.9 Å². The van der Waals surface area contributed by atoms with Gasteiger partial charge in [0.05, 0.1) is 39.0 Å². The fourth-order valence-corrected chi connectivity index (χ4v) is 4.15. The molecule has 0 unspecified atom stereocenters. The standard InChI is InChI=1S/C16H20FN3O2S/c1-18-6-8-19(9-7-18)14(21)10-20-15(22)11-23-16(20)12-4-2-3-5-13(12)17/h2-5,16H,6-11H2,1H3/p+1/t16-/m1/s1. The molecule has 0 bridgehead atoms. The molecular formula is C16H21FN3O2S+. The lowest BCUT2D eigenvalue weighted by molar-refractivity contribution is -0.883. The maximum Gasteiger partial charge on any atom is 0.242 e. The molecule has 23 heavy (non-hydrogen) atoms. The fraction of sp³-hybridized carbons (Fsp3) is 0.500. The van der Waals surface area contributed by atoms with Gasteiger partial charge in [0.2, 0.25) is 11.8 Å². The van der Waals surface area contributed by atoms with Crippen LogP contribution in [0.5, 0.6) is 0 Å². The van der Waals surface area contributed by atoms with Crippen LogP contribution in [0.15, 0.2) is 24.3 Å². The van der Waals surface area contributed by atoms with Gasteiger partial charge >= 0.3 is 0 Å². The van der Waals surface area contributed by atoms with Crippen molar-refractivity contribution < 1.29 is 18.9 Å². The van der Waals surface area contributed by atoms with Crippen LogP contribution in [0.2, 0.25) is 0 Å². The van der Waals surface area contributed by atoms with Gasteiger partial charge in [-0.2, -0.15) is 0 Å². The number of quaternary nitrogens is 1. The van der Waals surface area contributed by atoms with Crippen LogP contribution in [-0.2, 0) is 9.59 Å². The molecule has 2 aliphatic heterocycles. The summed E-state index contributed by atoms with van der Waals surface area (Å²) in [5, 5.41) is -0.411. The number of hydrogen-bond donors (Lipinski definition) is 1. The van der Waals surface area contributed by atoms with Crippen molar-refractivity contribution in [2.45, 2.75) is 5.37 Å². The summed E-state index contributed by atoms with van der Waals surface area (Å²) in [6.45, 7) is 3.30. The van der Waals surface area contributed by atoms with E-state index in [1.165, 1.54) is 27.6 Å². The van der Waals surface area contributed by atoms with Crippen LogP contribution in [0.3, 0.4) is 0 Å². The van der Waals surface area contributed by atoms with Gasteiger partial charge in [0, 0.05) is 5.56 Å². The molecule has 2 heterocycles. The number of likely N-dealkylation sites (N-methyl/N-ethyl adjacent to an activating group) is 1. The number of rotatable bonds is 3. The van der Waals surface area contributed by atoms with E-state index >= 15 is 0 Å². The third kappa shape index (κ3) is 3.50. The maximum atomic E-state index is 14.0. The molecule has 2 fully saturated rings. The highest BCUT2D eigenvalue weighted by molar-refractivity contribution is 8.00. The predicted octanol–water partition coefficient (Wildman–Crippen LogP) is -0.243. The fourth-order valence-electron chi connectivity index (χ4n) is 2.94. The van der Waals surface area contributed by atoms with E-state index in [-0.39, 0.29) is 24.2 Å². The minimum atomic E-state index is -0.411. The van der Waals surface area contributed by atoms with Crippen LogP contribution in [0, 0.1) is 5.82 Å². The molecule has 3 rings (SSSR count). The monoisotopic (exact) mass is 338 g/mol. The van der Waals surface area contributed by atoms with Crippen LogP contribution < -0.4 is 4.90 Å². The Hall–Kier alpha value is -1.60. The Bertz CT molecular complexity index is 605. The Labute approximate surface area is 139 Å². The number of halogens is 1. The molecule has 1 aromatic carbocycles. The first kappa shape index (κ1) is 16.3. The van der Waals surface area contributed by atoms with Gasteiger partial charge in [-0.05, 0) is 6.07 Å². The Balaban J connectivity index is 1.71. The van der Waals surface area contributed by atoms with Crippen molar-refractivity contribution >= 4 is 23.6 Å². The molecule has 0 radical (unpaired) electrons. The van der Waals surface area contributed by atoms with Crippen molar-refractivity contribution in [2.75, 3.05) is 45.5 Å². The van der Waals surface area contributed by atoms with Crippen LogP contribution >= 0.6 is 11.8 Å². The number of thioether (sulfide) groups is 1. The largest absolute Gasteiger partial charge is 0.334 e. The summed E-state index contributed by atoms with van der Waals surface area (Å²) in [4.78, 5) is 29.4. The summed E-state index contributed by atoms with van der Waals surface area (Å²) in [6, 6.07) is 6.46. The van der Waals surface area contributed by atoms with E-state index < -0.39 is 5.37 Å². The zero-order valence-electron chi connectivity index (χ0n) is 13.1. The molecule has 124 valence electrons. The second-order valence-electron chi connectivity index (χ2n) is 6.04. The quantitative estimate of drug-likeness (QED) is 0.827. The summed E-state index contributed by atoms with van der Waals surface area (Å²) in [6.07, 6.45) is 0. The number of nitrogens with zero attached hydrogens (tertiary/aromatic N) is 2. The van der Waals surface area contributed by atoms with Crippen molar-refractivity contribution in [3.63, 3.8) is 0 Å². The molecule has 0 aromatic heterocycles. The Morgan fingerprint density at radius 3 is 2.74 bits per heavy atom. The van der Waals surface area contributed by atoms with Crippen molar-refractivity contribution in [3.05, 3.63) is 35.6 Å². The van der Waals surface area contributed by atoms with E-state index in [0.717, 1.165) is 13.1 Å². The first-order valence-electron chi connectivity index (χ1n) is 7.81. The first-order chi connectivity index (χ1) is 11.1. The van der Waals surface area contributed by atoms with E-state index in [0.29, 0.717) is 24.4 Å². The maximum absolute atomic E-state index is 14.0. The number of carbonyl (C=O) groups is 2. The predicted molar refractivity (Wildman–Crippen MR) is 86.5 cm³/mol. The topological polar surface area (TPSA) is 45.1 Å². The summed E-state index contributed by atoms with van der Waals surface area (Å²) in [5.74, 6) is -0.189. The molecule has 1 aromatic rings. The van der Waals surface area contributed by atoms with E-state index in [4.69, 9.17) is 0 Å². The molecular weight excluding hydrogens is 317 g/mol. The Morgan fingerprint density at radius 1 is 1.35 bits per heavy atom. The van der Waals surface area contributed by atoms with Crippen LogP contribution in [0.4, 0.5) is 4.39 Å². The lowest BCUT2D eigenvalue weighted by Gasteiger charge is -2.32. The molecule has 0 saturated carbocycles. The highest BCUT2D eigenvalue weighted by Gasteiger charge is 2.36. The molecule has 2 aliphatic rings. The van der Waals surface area contributed by atoms with Crippen molar-refractivity contribution in [1.82, 2.24) is 9.80 Å². The minimum Gasteiger partial charge on any atom is -0.334 e. The summed E-state index contributed by atoms with van der Waals surface area (Å²) in [5.41, 5.74) is 0.471. The van der Waals surface area contributed by atoms with Gasteiger partial charge in [-0.1, -0.05) is 18.2 Å². The number of hydrogen-bond acceptors (Lipinski definition) is 3. The Morgan fingerprint density at radius 2 is 2.04 bits per heavy atom. The zero-order valence-corrected chi connectivity index (χ0v) is 13.9. The zero-order chi connectivity index (χ0) is 16.4. The number of nitrogens with one attached hydrogen (secondary N) is 1. The summed E-state index contributed by atoms with van der Waals surface area (Å²) < 4.78 is 14.0. The van der Waals surface area contributed by atoms with E-state index in [9.17, 15) is 14.0 Å². The van der Waals surface area contributed by atoms with Gasteiger partial charge in [-0.15, -0.1) is 11.8 Å². The normalized spacial score (nSPS) is 22.7. The average Bonchev–Trinajstić information content (AvgIpc) is 2.89. The van der Waals surface area contributed by atoms with Crippen molar-refractivity contribution in [3.8, 4) is 0 Å². The molecule has 1 N–H and O–H groups in total.